The summed E-state index contributed by atoms with van der Waals surface area (Å²) in [4.78, 5) is 0. The maximum atomic E-state index is 5.90. The summed E-state index contributed by atoms with van der Waals surface area (Å²) in [7, 11) is 0. The highest BCUT2D eigenvalue weighted by Gasteiger charge is 2.23. The van der Waals surface area contributed by atoms with E-state index in [1.54, 1.807) is 0 Å². The third-order valence-corrected chi connectivity index (χ3v) is 3.31. The molecule has 15 heavy (non-hydrogen) atoms. The Morgan fingerprint density at radius 3 is 2.40 bits per heavy atom. The van der Waals surface area contributed by atoms with Crippen molar-refractivity contribution in [1.82, 2.24) is 0 Å². The second-order valence-corrected chi connectivity index (χ2v) is 4.53. The van der Waals surface area contributed by atoms with Crippen molar-refractivity contribution in [3.63, 3.8) is 0 Å². The lowest BCUT2D eigenvalue weighted by Crippen LogP contribution is -2.29. The Kier molecular flexibility index (Phi) is 6.98. The van der Waals surface area contributed by atoms with Crippen LogP contribution in [0.2, 0.25) is 0 Å². The van der Waals surface area contributed by atoms with Crippen molar-refractivity contribution >= 4 is 0 Å². The van der Waals surface area contributed by atoms with Crippen LogP contribution in [0.5, 0.6) is 0 Å². The fourth-order valence-corrected chi connectivity index (χ4v) is 2.44. The average Bonchev–Trinajstić information content (AvgIpc) is 2.29. The van der Waals surface area contributed by atoms with Gasteiger partial charge in [0.15, 0.2) is 0 Å². The standard InChI is InChI=1S/C12H26N2O/c13-8-4-10-15-12(7-9-14)11-5-2-1-3-6-11/h11-12H,1-10,13-14H2. The molecule has 4 N–H and O–H groups in total. The van der Waals surface area contributed by atoms with Crippen molar-refractivity contribution in [1.29, 1.82) is 0 Å². The molecule has 1 aliphatic carbocycles. The largest absolute Gasteiger partial charge is 0.378 e. The molecule has 0 bridgehead atoms. The van der Waals surface area contributed by atoms with Gasteiger partial charge in [-0.3, -0.25) is 0 Å². The van der Waals surface area contributed by atoms with Gasteiger partial charge in [0.05, 0.1) is 6.10 Å². The van der Waals surface area contributed by atoms with Gasteiger partial charge in [0.25, 0.3) is 0 Å². The molecule has 0 saturated heterocycles. The van der Waals surface area contributed by atoms with Crippen molar-refractivity contribution in [2.75, 3.05) is 19.7 Å². The average molecular weight is 214 g/mol. The summed E-state index contributed by atoms with van der Waals surface area (Å²) in [5.41, 5.74) is 11.1. The monoisotopic (exact) mass is 214 g/mol. The molecule has 0 aromatic carbocycles. The van der Waals surface area contributed by atoms with Crippen molar-refractivity contribution in [3.05, 3.63) is 0 Å². The minimum Gasteiger partial charge on any atom is -0.378 e. The third kappa shape index (κ3) is 4.96. The topological polar surface area (TPSA) is 61.3 Å². The first-order chi connectivity index (χ1) is 7.38. The van der Waals surface area contributed by atoms with Crippen LogP contribution >= 0.6 is 0 Å². The zero-order valence-electron chi connectivity index (χ0n) is 9.79. The Morgan fingerprint density at radius 1 is 1.07 bits per heavy atom. The van der Waals surface area contributed by atoms with Crippen LogP contribution in [0.1, 0.15) is 44.9 Å². The third-order valence-electron chi connectivity index (χ3n) is 3.31. The van der Waals surface area contributed by atoms with Crippen molar-refractivity contribution in [3.8, 4) is 0 Å². The second-order valence-electron chi connectivity index (χ2n) is 4.53. The van der Waals surface area contributed by atoms with E-state index in [4.69, 9.17) is 16.2 Å². The molecule has 1 rings (SSSR count). The lowest BCUT2D eigenvalue weighted by atomic mass is 9.84. The maximum absolute atomic E-state index is 5.90. The molecule has 3 heteroatoms. The van der Waals surface area contributed by atoms with E-state index >= 15 is 0 Å². The normalized spacial score (nSPS) is 20.4. The Balaban J connectivity index is 2.26. The summed E-state index contributed by atoms with van der Waals surface area (Å²) < 4.78 is 5.90. The molecule has 0 radical (unpaired) electrons. The molecular formula is C12H26N2O. The molecule has 1 saturated carbocycles. The van der Waals surface area contributed by atoms with E-state index in [-0.39, 0.29) is 0 Å². The Morgan fingerprint density at radius 2 is 1.80 bits per heavy atom. The highest BCUT2D eigenvalue weighted by atomic mass is 16.5. The van der Waals surface area contributed by atoms with Gasteiger partial charge in [-0.1, -0.05) is 19.3 Å². The Hall–Kier alpha value is -0.120. The van der Waals surface area contributed by atoms with E-state index in [9.17, 15) is 0 Å². The van der Waals surface area contributed by atoms with Crippen LogP contribution in [-0.2, 0) is 4.74 Å². The van der Waals surface area contributed by atoms with E-state index in [0.29, 0.717) is 6.10 Å². The van der Waals surface area contributed by atoms with Gasteiger partial charge in [-0.25, -0.2) is 0 Å². The van der Waals surface area contributed by atoms with E-state index in [2.05, 4.69) is 0 Å². The molecule has 1 atom stereocenters. The summed E-state index contributed by atoms with van der Waals surface area (Å²) in [6.45, 7) is 2.27. The van der Waals surface area contributed by atoms with E-state index in [0.717, 1.165) is 38.5 Å². The van der Waals surface area contributed by atoms with Gasteiger partial charge in [0.2, 0.25) is 0 Å². The predicted molar refractivity (Wildman–Crippen MR) is 63.7 cm³/mol. The molecule has 0 aromatic heterocycles. The van der Waals surface area contributed by atoms with Crippen molar-refractivity contribution in [2.45, 2.75) is 51.0 Å². The van der Waals surface area contributed by atoms with Gasteiger partial charge in [0.1, 0.15) is 0 Å². The molecule has 1 fully saturated rings. The second kappa shape index (κ2) is 8.08. The number of rotatable bonds is 7. The van der Waals surface area contributed by atoms with Gasteiger partial charge >= 0.3 is 0 Å². The SMILES string of the molecule is NCCCOC(CCN)C1CCCCC1. The van der Waals surface area contributed by atoms with Crippen LogP contribution in [0.15, 0.2) is 0 Å². The molecule has 1 unspecified atom stereocenters. The van der Waals surface area contributed by atoms with E-state index in [1.807, 2.05) is 0 Å². The first kappa shape index (κ1) is 12.9. The minimum atomic E-state index is 0.391. The van der Waals surface area contributed by atoms with Crippen LogP contribution in [0.4, 0.5) is 0 Å². The Labute approximate surface area is 93.5 Å². The van der Waals surface area contributed by atoms with Crippen LogP contribution in [0.25, 0.3) is 0 Å². The Bertz CT molecular complexity index is 147. The zero-order chi connectivity index (χ0) is 10.9. The summed E-state index contributed by atoms with van der Waals surface area (Å²) in [5, 5.41) is 0. The molecule has 0 aliphatic heterocycles. The highest BCUT2D eigenvalue weighted by molar-refractivity contribution is 4.75. The number of hydrogen-bond donors (Lipinski definition) is 2. The van der Waals surface area contributed by atoms with Crippen LogP contribution in [-0.4, -0.2) is 25.8 Å². The minimum absolute atomic E-state index is 0.391. The van der Waals surface area contributed by atoms with Crippen LogP contribution < -0.4 is 11.5 Å². The molecule has 3 nitrogen and oxygen atoms in total. The van der Waals surface area contributed by atoms with Crippen LogP contribution in [0, 0.1) is 5.92 Å². The fraction of sp³-hybridized carbons (Fsp3) is 1.00. The van der Waals surface area contributed by atoms with Crippen molar-refractivity contribution in [2.24, 2.45) is 17.4 Å². The number of ether oxygens (including phenoxy) is 1. The van der Waals surface area contributed by atoms with Gasteiger partial charge in [-0.05, 0) is 44.7 Å². The summed E-state index contributed by atoms with van der Waals surface area (Å²) in [5.74, 6) is 0.750. The van der Waals surface area contributed by atoms with E-state index in [1.165, 1.54) is 32.1 Å². The zero-order valence-corrected chi connectivity index (χ0v) is 9.79. The first-order valence-corrected chi connectivity index (χ1v) is 6.40. The lowest BCUT2D eigenvalue weighted by molar-refractivity contribution is -0.00352. The number of nitrogens with two attached hydrogens (primary N) is 2. The fourth-order valence-electron chi connectivity index (χ4n) is 2.44. The van der Waals surface area contributed by atoms with Gasteiger partial charge in [0, 0.05) is 6.61 Å². The predicted octanol–water partition coefficient (Wildman–Crippen LogP) is 1.65. The molecular weight excluding hydrogens is 188 g/mol. The molecule has 1 aliphatic rings. The summed E-state index contributed by atoms with van der Waals surface area (Å²) in [6.07, 6.45) is 9.15. The number of hydrogen-bond acceptors (Lipinski definition) is 3. The molecule has 0 amide bonds. The summed E-state index contributed by atoms with van der Waals surface area (Å²) in [6, 6.07) is 0. The summed E-state index contributed by atoms with van der Waals surface area (Å²) >= 11 is 0. The van der Waals surface area contributed by atoms with Gasteiger partial charge < -0.3 is 16.2 Å². The first-order valence-electron chi connectivity index (χ1n) is 6.40. The molecule has 0 heterocycles. The lowest BCUT2D eigenvalue weighted by Gasteiger charge is -2.30. The van der Waals surface area contributed by atoms with Crippen molar-refractivity contribution < 1.29 is 4.74 Å². The highest BCUT2D eigenvalue weighted by Crippen LogP contribution is 2.29. The smallest absolute Gasteiger partial charge is 0.0615 e. The maximum Gasteiger partial charge on any atom is 0.0615 e. The van der Waals surface area contributed by atoms with Gasteiger partial charge in [-0.2, -0.15) is 0 Å². The van der Waals surface area contributed by atoms with E-state index < -0.39 is 0 Å². The quantitative estimate of drug-likeness (QED) is 0.633. The molecule has 0 aromatic rings. The molecule has 0 spiro atoms. The van der Waals surface area contributed by atoms with Crippen LogP contribution in [0.3, 0.4) is 0 Å². The molecule has 90 valence electrons. The van der Waals surface area contributed by atoms with Gasteiger partial charge in [-0.15, -0.1) is 0 Å².